The van der Waals surface area contributed by atoms with Gasteiger partial charge in [0.2, 0.25) is 11.7 Å². The van der Waals surface area contributed by atoms with Crippen molar-refractivity contribution in [1.82, 2.24) is 24.5 Å². The van der Waals surface area contributed by atoms with Gasteiger partial charge in [-0.15, -0.1) is 0 Å². The lowest BCUT2D eigenvalue weighted by molar-refractivity contribution is 0.363. The normalized spacial score (nSPS) is 11.1. The molecule has 3 heterocycles. The highest BCUT2D eigenvalue weighted by molar-refractivity contribution is 7.08. The molecule has 0 fully saturated rings. The molecule has 0 unspecified atom stereocenters. The van der Waals surface area contributed by atoms with Crippen LogP contribution >= 0.6 is 11.3 Å². The molecule has 0 amide bonds. The van der Waals surface area contributed by atoms with Gasteiger partial charge in [0.15, 0.2) is 0 Å². The van der Waals surface area contributed by atoms with Crippen LogP contribution in [0.4, 0.5) is 0 Å². The number of thiophene rings is 1. The minimum atomic E-state index is -0.201. The van der Waals surface area contributed by atoms with Crippen LogP contribution in [0.15, 0.2) is 26.1 Å². The smallest absolute Gasteiger partial charge is 0.337 e. The molecule has 19 heavy (non-hydrogen) atoms. The summed E-state index contributed by atoms with van der Waals surface area (Å²) >= 11 is 1.56. The first-order valence-corrected chi connectivity index (χ1v) is 6.55. The molecule has 0 N–H and O–H groups in total. The topological polar surface area (TPSA) is 78.7 Å². The van der Waals surface area contributed by atoms with E-state index in [2.05, 4.69) is 15.2 Å². The molecule has 0 aliphatic carbocycles. The van der Waals surface area contributed by atoms with E-state index in [1.54, 1.807) is 25.3 Å². The number of nitrogens with zero attached hydrogens (tertiary/aromatic N) is 5. The van der Waals surface area contributed by atoms with Crippen LogP contribution in [0.1, 0.15) is 11.7 Å². The van der Waals surface area contributed by atoms with Crippen molar-refractivity contribution in [2.24, 2.45) is 7.05 Å². The number of rotatable bonds is 3. The summed E-state index contributed by atoms with van der Waals surface area (Å²) in [6.07, 6.45) is 0. The van der Waals surface area contributed by atoms with Crippen LogP contribution in [-0.4, -0.2) is 24.5 Å². The summed E-state index contributed by atoms with van der Waals surface area (Å²) in [5, 5.41) is 11.9. The number of aromatic nitrogens is 5. The van der Waals surface area contributed by atoms with Crippen molar-refractivity contribution in [3.05, 3.63) is 39.0 Å². The predicted octanol–water partition coefficient (Wildman–Crippen LogP) is 1.05. The third-order valence-electron chi connectivity index (χ3n) is 2.79. The van der Waals surface area contributed by atoms with Gasteiger partial charge in [-0.2, -0.15) is 21.4 Å². The summed E-state index contributed by atoms with van der Waals surface area (Å²) < 4.78 is 7.91. The first kappa shape index (κ1) is 11.8. The van der Waals surface area contributed by atoms with Crippen molar-refractivity contribution in [2.45, 2.75) is 13.5 Å². The largest absolute Gasteiger partial charge is 0.346 e. The average Bonchev–Trinajstić information content (AvgIpc) is 3.09. The molecule has 0 aliphatic heterocycles. The van der Waals surface area contributed by atoms with E-state index in [9.17, 15) is 4.79 Å². The van der Waals surface area contributed by atoms with Gasteiger partial charge in [-0.1, -0.05) is 5.16 Å². The first-order valence-electron chi connectivity index (χ1n) is 5.61. The van der Waals surface area contributed by atoms with Crippen LogP contribution < -0.4 is 5.69 Å². The fourth-order valence-corrected chi connectivity index (χ4v) is 2.29. The van der Waals surface area contributed by atoms with Crippen molar-refractivity contribution < 1.29 is 4.52 Å². The highest BCUT2D eigenvalue weighted by Gasteiger charge is 2.13. The van der Waals surface area contributed by atoms with Crippen molar-refractivity contribution in [1.29, 1.82) is 0 Å². The molecule has 3 aromatic rings. The first-order chi connectivity index (χ1) is 9.15. The fourth-order valence-electron chi connectivity index (χ4n) is 1.66. The Labute approximate surface area is 112 Å². The van der Waals surface area contributed by atoms with Crippen molar-refractivity contribution in [2.75, 3.05) is 0 Å². The minimum Gasteiger partial charge on any atom is -0.337 e. The molecular weight excluding hydrogens is 266 g/mol. The maximum Gasteiger partial charge on any atom is 0.346 e. The molecule has 0 saturated heterocycles. The zero-order chi connectivity index (χ0) is 13.4. The molecular formula is C11H11N5O2S. The molecule has 3 rings (SSSR count). The maximum absolute atomic E-state index is 11.8. The summed E-state index contributed by atoms with van der Waals surface area (Å²) in [7, 11) is 1.67. The molecule has 7 nitrogen and oxygen atoms in total. The second-order valence-electron chi connectivity index (χ2n) is 4.07. The third-order valence-corrected chi connectivity index (χ3v) is 3.47. The number of aryl methyl sites for hydroxylation is 1. The van der Waals surface area contributed by atoms with Gasteiger partial charge in [-0.05, 0) is 18.4 Å². The molecule has 0 bridgehead atoms. The Bertz CT molecular complexity index is 752. The average molecular weight is 277 g/mol. The van der Waals surface area contributed by atoms with Crippen LogP contribution in [0, 0.1) is 6.92 Å². The second kappa shape index (κ2) is 4.47. The lowest BCUT2D eigenvalue weighted by Gasteiger charge is -1.91. The Morgan fingerprint density at radius 1 is 1.47 bits per heavy atom. The zero-order valence-corrected chi connectivity index (χ0v) is 11.2. The van der Waals surface area contributed by atoms with Crippen molar-refractivity contribution in [3.63, 3.8) is 0 Å². The Balaban J connectivity index is 1.88. The Morgan fingerprint density at radius 3 is 2.95 bits per heavy atom. The van der Waals surface area contributed by atoms with Gasteiger partial charge in [0.1, 0.15) is 12.4 Å². The van der Waals surface area contributed by atoms with Crippen molar-refractivity contribution in [3.8, 4) is 11.4 Å². The highest BCUT2D eigenvalue weighted by atomic mass is 32.1. The molecule has 0 aliphatic rings. The van der Waals surface area contributed by atoms with Gasteiger partial charge in [-0.3, -0.25) is 4.57 Å². The zero-order valence-electron chi connectivity index (χ0n) is 10.4. The van der Waals surface area contributed by atoms with E-state index in [-0.39, 0.29) is 12.2 Å². The lowest BCUT2D eigenvalue weighted by atomic mass is 10.3. The monoisotopic (exact) mass is 277 g/mol. The van der Waals surface area contributed by atoms with Gasteiger partial charge >= 0.3 is 5.69 Å². The van der Waals surface area contributed by atoms with E-state index >= 15 is 0 Å². The van der Waals surface area contributed by atoms with E-state index in [4.69, 9.17) is 4.52 Å². The summed E-state index contributed by atoms with van der Waals surface area (Å²) in [5.41, 5.74) is 0.706. The van der Waals surface area contributed by atoms with Gasteiger partial charge < -0.3 is 4.52 Å². The molecule has 0 aromatic carbocycles. The van der Waals surface area contributed by atoms with Gasteiger partial charge in [-0.25, -0.2) is 9.48 Å². The maximum atomic E-state index is 11.8. The molecule has 8 heteroatoms. The quantitative estimate of drug-likeness (QED) is 0.715. The van der Waals surface area contributed by atoms with Gasteiger partial charge in [0.25, 0.3) is 0 Å². The minimum absolute atomic E-state index is 0.178. The summed E-state index contributed by atoms with van der Waals surface area (Å²) in [5.74, 6) is 1.53. The van der Waals surface area contributed by atoms with Crippen molar-refractivity contribution >= 4 is 11.3 Å². The molecule has 0 spiro atoms. The lowest BCUT2D eigenvalue weighted by Crippen LogP contribution is -2.23. The van der Waals surface area contributed by atoms with Crippen LogP contribution in [0.3, 0.4) is 0 Å². The molecule has 0 saturated carbocycles. The molecule has 0 atom stereocenters. The number of hydrogen-bond acceptors (Lipinski definition) is 6. The molecule has 0 radical (unpaired) electrons. The second-order valence-corrected chi connectivity index (χ2v) is 4.85. The van der Waals surface area contributed by atoms with E-state index in [1.807, 2.05) is 16.8 Å². The van der Waals surface area contributed by atoms with Crippen LogP contribution in [0.2, 0.25) is 0 Å². The summed E-state index contributed by atoms with van der Waals surface area (Å²) in [4.78, 5) is 16.1. The molecule has 98 valence electrons. The Hall–Kier alpha value is -2.22. The van der Waals surface area contributed by atoms with E-state index in [1.165, 1.54) is 9.25 Å². The van der Waals surface area contributed by atoms with E-state index in [0.717, 1.165) is 5.56 Å². The van der Waals surface area contributed by atoms with Crippen LogP contribution in [0.5, 0.6) is 0 Å². The standard InChI is InChI=1S/C11H11N5O2S/c1-7-13-16(11(17)15(7)2)5-9-12-10(14-18-9)8-3-4-19-6-8/h3-4,6H,5H2,1-2H3. The van der Waals surface area contributed by atoms with E-state index < -0.39 is 0 Å². The Morgan fingerprint density at radius 2 is 2.32 bits per heavy atom. The highest BCUT2D eigenvalue weighted by Crippen LogP contribution is 2.18. The molecule has 3 aromatic heterocycles. The third kappa shape index (κ3) is 2.10. The van der Waals surface area contributed by atoms with Gasteiger partial charge in [0.05, 0.1) is 0 Å². The van der Waals surface area contributed by atoms with Crippen LogP contribution in [0.25, 0.3) is 11.4 Å². The van der Waals surface area contributed by atoms with E-state index in [0.29, 0.717) is 17.5 Å². The predicted molar refractivity (Wildman–Crippen MR) is 68.9 cm³/mol. The Kier molecular flexibility index (Phi) is 2.79. The SMILES string of the molecule is Cc1nn(Cc2nc(-c3ccsc3)no2)c(=O)n1C. The van der Waals surface area contributed by atoms with Crippen LogP contribution in [-0.2, 0) is 13.6 Å². The number of hydrogen-bond donors (Lipinski definition) is 0. The van der Waals surface area contributed by atoms with Gasteiger partial charge in [0, 0.05) is 18.0 Å². The summed E-state index contributed by atoms with van der Waals surface area (Å²) in [6.45, 7) is 1.94. The fraction of sp³-hybridized carbons (Fsp3) is 0.273. The summed E-state index contributed by atoms with van der Waals surface area (Å²) in [6, 6.07) is 1.91.